The molecule has 1 fully saturated rings. The molecule has 2 N–H and O–H groups in total. The van der Waals surface area contributed by atoms with Crippen LogP contribution in [-0.2, 0) is 11.3 Å². The van der Waals surface area contributed by atoms with Crippen LogP contribution in [0, 0.1) is 17.2 Å². The van der Waals surface area contributed by atoms with Gasteiger partial charge in [0.25, 0.3) is 0 Å². The molecule has 0 aromatic carbocycles. The Morgan fingerprint density at radius 1 is 1.60 bits per heavy atom. The van der Waals surface area contributed by atoms with Gasteiger partial charge >= 0.3 is 0 Å². The molecular formula is C15H20N4O. The summed E-state index contributed by atoms with van der Waals surface area (Å²) in [5.74, 6) is 0.540. The quantitative estimate of drug-likeness (QED) is 0.814. The largest absolute Gasteiger partial charge is 0.337 e. The molecule has 1 saturated carbocycles. The van der Waals surface area contributed by atoms with Gasteiger partial charge in [-0.05, 0) is 30.4 Å². The predicted octanol–water partition coefficient (Wildman–Crippen LogP) is 1.45. The number of rotatable bonds is 7. The van der Waals surface area contributed by atoms with Gasteiger partial charge < -0.3 is 10.6 Å². The fraction of sp³-hybridized carbons (Fsp3) is 0.533. The lowest BCUT2D eigenvalue weighted by Gasteiger charge is -2.23. The Balaban J connectivity index is 1.94. The minimum Gasteiger partial charge on any atom is -0.337 e. The van der Waals surface area contributed by atoms with Crippen molar-refractivity contribution in [2.45, 2.75) is 38.3 Å². The van der Waals surface area contributed by atoms with Crippen LogP contribution in [0.3, 0.4) is 0 Å². The van der Waals surface area contributed by atoms with Crippen molar-refractivity contribution in [3.8, 4) is 6.07 Å². The topological polar surface area (TPSA) is 83.0 Å². The summed E-state index contributed by atoms with van der Waals surface area (Å²) in [6, 6.07) is 5.82. The zero-order chi connectivity index (χ0) is 14.4. The summed E-state index contributed by atoms with van der Waals surface area (Å²) in [5, 5.41) is 8.72. The summed E-state index contributed by atoms with van der Waals surface area (Å²) in [5.41, 5.74) is 6.99. The molecule has 0 spiro atoms. The van der Waals surface area contributed by atoms with Gasteiger partial charge in [0.15, 0.2) is 0 Å². The van der Waals surface area contributed by atoms with Crippen LogP contribution in [0.25, 0.3) is 0 Å². The highest BCUT2D eigenvalue weighted by Crippen LogP contribution is 2.33. The molecule has 106 valence electrons. The minimum absolute atomic E-state index is 0.0310. The number of carbonyl (C=O) groups excluding carboxylic acids is 1. The predicted molar refractivity (Wildman–Crippen MR) is 75.2 cm³/mol. The van der Waals surface area contributed by atoms with Crippen LogP contribution in [0.4, 0.5) is 0 Å². The number of amides is 1. The van der Waals surface area contributed by atoms with Crippen LogP contribution >= 0.6 is 0 Å². The average molecular weight is 272 g/mol. The molecule has 1 aromatic rings. The van der Waals surface area contributed by atoms with Gasteiger partial charge in [0.1, 0.15) is 0 Å². The van der Waals surface area contributed by atoms with E-state index in [0.29, 0.717) is 31.8 Å². The molecule has 0 bridgehead atoms. The van der Waals surface area contributed by atoms with Gasteiger partial charge in [-0.25, -0.2) is 0 Å². The van der Waals surface area contributed by atoms with E-state index < -0.39 is 0 Å². The number of nitrogens with two attached hydrogens (primary N) is 1. The van der Waals surface area contributed by atoms with Crippen molar-refractivity contribution in [3.05, 3.63) is 30.1 Å². The van der Waals surface area contributed by atoms with Crippen LogP contribution in [0.15, 0.2) is 24.5 Å². The lowest BCUT2D eigenvalue weighted by molar-refractivity contribution is -0.132. The lowest BCUT2D eigenvalue weighted by atomic mass is 10.1. The van der Waals surface area contributed by atoms with Crippen LogP contribution in [0.1, 0.15) is 31.2 Å². The van der Waals surface area contributed by atoms with Gasteiger partial charge in [-0.15, -0.1) is 0 Å². The van der Waals surface area contributed by atoms with E-state index in [0.717, 1.165) is 18.4 Å². The van der Waals surface area contributed by atoms with E-state index in [1.165, 1.54) is 0 Å². The third-order valence-corrected chi connectivity index (χ3v) is 3.58. The number of carbonyl (C=O) groups is 1. The number of pyridine rings is 1. The molecule has 1 aliphatic rings. The van der Waals surface area contributed by atoms with Crippen molar-refractivity contribution in [1.29, 1.82) is 5.26 Å². The first kappa shape index (κ1) is 14.5. The van der Waals surface area contributed by atoms with E-state index in [1.807, 2.05) is 12.1 Å². The Labute approximate surface area is 119 Å². The maximum Gasteiger partial charge on any atom is 0.224 e. The highest BCUT2D eigenvalue weighted by atomic mass is 16.2. The minimum atomic E-state index is -0.0408. The van der Waals surface area contributed by atoms with E-state index in [1.54, 1.807) is 17.3 Å². The monoisotopic (exact) mass is 272 g/mol. The van der Waals surface area contributed by atoms with Crippen molar-refractivity contribution < 1.29 is 4.79 Å². The standard InChI is InChI=1S/C15H20N4O/c16-6-2-8-19(11-12-3-1-7-18-10-12)15(20)9-14(17)13-4-5-13/h1,3,7,10,13-14H,2,4-5,8-9,11,17H2. The van der Waals surface area contributed by atoms with Crippen molar-refractivity contribution in [2.75, 3.05) is 6.54 Å². The normalized spacial score (nSPS) is 15.4. The molecule has 1 aromatic heterocycles. The number of aromatic nitrogens is 1. The van der Waals surface area contributed by atoms with E-state index in [9.17, 15) is 4.79 Å². The van der Waals surface area contributed by atoms with E-state index in [4.69, 9.17) is 11.0 Å². The van der Waals surface area contributed by atoms with Crippen molar-refractivity contribution >= 4 is 5.91 Å². The smallest absolute Gasteiger partial charge is 0.224 e. The molecule has 1 unspecified atom stereocenters. The lowest BCUT2D eigenvalue weighted by Crippen LogP contribution is -2.37. The fourth-order valence-electron chi connectivity index (χ4n) is 2.21. The number of nitrogens with zero attached hydrogens (tertiary/aromatic N) is 3. The average Bonchev–Trinajstić information content (AvgIpc) is 3.29. The number of hydrogen-bond acceptors (Lipinski definition) is 4. The van der Waals surface area contributed by atoms with E-state index in [-0.39, 0.29) is 11.9 Å². The highest BCUT2D eigenvalue weighted by Gasteiger charge is 2.30. The summed E-state index contributed by atoms with van der Waals surface area (Å²) >= 11 is 0. The molecule has 5 nitrogen and oxygen atoms in total. The van der Waals surface area contributed by atoms with E-state index in [2.05, 4.69) is 11.1 Å². The molecule has 0 saturated heterocycles. The third-order valence-electron chi connectivity index (χ3n) is 3.58. The molecule has 1 aliphatic carbocycles. The Kier molecular flexibility index (Phi) is 5.08. The van der Waals surface area contributed by atoms with Crippen LogP contribution in [0.5, 0.6) is 0 Å². The van der Waals surface area contributed by atoms with Crippen LogP contribution in [0.2, 0.25) is 0 Å². The molecule has 20 heavy (non-hydrogen) atoms. The Hall–Kier alpha value is -1.93. The first-order valence-electron chi connectivity index (χ1n) is 7.00. The Morgan fingerprint density at radius 2 is 2.40 bits per heavy atom. The van der Waals surface area contributed by atoms with Gasteiger partial charge in [-0.3, -0.25) is 9.78 Å². The summed E-state index contributed by atoms with van der Waals surface area (Å²) in [6.07, 6.45) is 6.42. The maximum absolute atomic E-state index is 12.3. The van der Waals surface area contributed by atoms with Gasteiger partial charge in [-0.1, -0.05) is 6.07 Å². The van der Waals surface area contributed by atoms with Gasteiger partial charge in [0.05, 0.1) is 12.5 Å². The molecule has 0 aliphatic heterocycles. The molecule has 1 atom stereocenters. The summed E-state index contributed by atoms with van der Waals surface area (Å²) < 4.78 is 0. The molecule has 0 radical (unpaired) electrons. The molecule has 2 rings (SSSR count). The zero-order valence-electron chi connectivity index (χ0n) is 11.5. The number of hydrogen-bond donors (Lipinski definition) is 1. The SMILES string of the molecule is N#CCCN(Cc1cccnc1)C(=O)CC(N)C1CC1. The Morgan fingerprint density at radius 3 is 3.00 bits per heavy atom. The van der Waals surface area contributed by atoms with Gasteiger partial charge in [-0.2, -0.15) is 5.26 Å². The Bertz CT molecular complexity index is 478. The van der Waals surface area contributed by atoms with Crippen molar-refractivity contribution in [1.82, 2.24) is 9.88 Å². The van der Waals surface area contributed by atoms with Gasteiger partial charge in [0.2, 0.25) is 5.91 Å². The number of nitriles is 1. The molecule has 1 heterocycles. The van der Waals surface area contributed by atoms with Gasteiger partial charge in [0, 0.05) is 37.9 Å². The van der Waals surface area contributed by atoms with Crippen LogP contribution < -0.4 is 5.73 Å². The summed E-state index contributed by atoms with van der Waals surface area (Å²) in [4.78, 5) is 18.1. The first-order chi connectivity index (χ1) is 9.70. The summed E-state index contributed by atoms with van der Waals surface area (Å²) in [7, 11) is 0. The second-order valence-electron chi connectivity index (χ2n) is 5.29. The third kappa shape index (κ3) is 4.32. The maximum atomic E-state index is 12.3. The zero-order valence-corrected chi connectivity index (χ0v) is 11.5. The molecule has 1 amide bonds. The van der Waals surface area contributed by atoms with Crippen molar-refractivity contribution in [2.24, 2.45) is 11.7 Å². The molecular weight excluding hydrogens is 252 g/mol. The van der Waals surface area contributed by atoms with Crippen molar-refractivity contribution in [3.63, 3.8) is 0 Å². The molecule has 5 heteroatoms. The summed E-state index contributed by atoms with van der Waals surface area (Å²) in [6.45, 7) is 0.938. The highest BCUT2D eigenvalue weighted by molar-refractivity contribution is 5.77. The second kappa shape index (κ2) is 7.01. The van der Waals surface area contributed by atoms with E-state index >= 15 is 0 Å². The second-order valence-corrected chi connectivity index (χ2v) is 5.29. The fourth-order valence-corrected chi connectivity index (χ4v) is 2.21. The van der Waals surface area contributed by atoms with Crippen LogP contribution in [-0.4, -0.2) is 28.4 Å². The first-order valence-corrected chi connectivity index (χ1v) is 7.00.